The molecular formula is C13H13F2N3O2. The van der Waals surface area contributed by atoms with E-state index in [9.17, 15) is 8.78 Å². The molecule has 1 fully saturated rings. The molecule has 2 heterocycles. The van der Waals surface area contributed by atoms with Crippen molar-refractivity contribution in [2.24, 2.45) is 0 Å². The molecule has 1 atom stereocenters. The summed E-state index contributed by atoms with van der Waals surface area (Å²) < 4.78 is 33.6. The Morgan fingerprint density at radius 1 is 1.30 bits per heavy atom. The molecule has 0 aliphatic carbocycles. The van der Waals surface area contributed by atoms with Crippen molar-refractivity contribution in [3.63, 3.8) is 0 Å². The average molecular weight is 281 g/mol. The van der Waals surface area contributed by atoms with E-state index in [1.165, 1.54) is 12.1 Å². The second-order valence-corrected chi connectivity index (χ2v) is 4.51. The van der Waals surface area contributed by atoms with Gasteiger partial charge < -0.3 is 14.6 Å². The smallest absolute Gasteiger partial charge is 0.387 e. The molecule has 1 aliphatic rings. The van der Waals surface area contributed by atoms with Crippen LogP contribution in [0.2, 0.25) is 0 Å². The van der Waals surface area contributed by atoms with Crippen LogP contribution in [0.1, 0.15) is 24.7 Å². The number of nitrogens with one attached hydrogen (secondary N) is 1. The van der Waals surface area contributed by atoms with Gasteiger partial charge in [0.15, 0.2) is 5.82 Å². The second-order valence-electron chi connectivity index (χ2n) is 4.51. The lowest BCUT2D eigenvalue weighted by Gasteiger charge is -2.03. The van der Waals surface area contributed by atoms with Crippen LogP contribution >= 0.6 is 0 Å². The number of aromatic nitrogens is 2. The molecule has 0 radical (unpaired) electrons. The van der Waals surface area contributed by atoms with E-state index in [1.807, 2.05) is 0 Å². The Morgan fingerprint density at radius 2 is 2.10 bits per heavy atom. The molecule has 1 N–H and O–H groups in total. The number of alkyl halides is 2. The molecular weight excluding hydrogens is 268 g/mol. The summed E-state index contributed by atoms with van der Waals surface area (Å²) in [5.74, 6) is 1.10. The summed E-state index contributed by atoms with van der Waals surface area (Å²) in [6.07, 6.45) is 2.08. The summed E-state index contributed by atoms with van der Waals surface area (Å²) in [4.78, 5) is 4.32. The molecule has 7 heteroatoms. The minimum Gasteiger partial charge on any atom is -0.435 e. The van der Waals surface area contributed by atoms with E-state index in [0.717, 1.165) is 19.4 Å². The summed E-state index contributed by atoms with van der Waals surface area (Å²) in [7, 11) is 0. The zero-order valence-corrected chi connectivity index (χ0v) is 10.6. The van der Waals surface area contributed by atoms with Crippen LogP contribution in [0.4, 0.5) is 8.78 Å². The van der Waals surface area contributed by atoms with Gasteiger partial charge in [0.25, 0.3) is 5.89 Å². The van der Waals surface area contributed by atoms with E-state index in [-0.39, 0.29) is 11.8 Å². The molecule has 106 valence electrons. The van der Waals surface area contributed by atoms with Crippen LogP contribution in [0.15, 0.2) is 28.8 Å². The quantitative estimate of drug-likeness (QED) is 0.933. The van der Waals surface area contributed by atoms with Crippen molar-refractivity contribution in [2.75, 3.05) is 6.54 Å². The molecule has 5 nitrogen and oxygen atoms in total. The topological polar surface area (TPSA) is 60.2 Å². The van der Waals surface area contributed by atoms with Crippen molar-refractivity contribution < 1.29 is 18.0 Å². The van der Waals surface area contributed by atoms with Crippen molar-refractivity contribution in [2.45, 2.75) is 25.5 Å². The fourth-order valence-corrected chi connectivity index (χ4v) is 2.18. The predicted octanol–water partition coefficient (Wildman–Crippen LogP) is 2.76. The van der Waals surface area contributed by atoms with E-state index in [1.54, 1.807) is 12.1 Å². The van der Waals surface area contributed by atoms with Crippen LogP contribution in [-0.4, -0.2) is 23.3 Å². The van der Waals surface area contributed by atoms with Gasteiger partial charge in [0.05, 0.1) is 6.04 Å². The molecule has 0 bridgehead atoms. The first-order chi connectivity index (χ1) is 9.72. The summed E-state index contributed by atoms with van der Waals surface area (Å²) in [5, 5.41) is 7.23. The molecule has 1 aromatic heterocycles. The van der Waals surface area contributed by atoms with Gasteiger partial charge in [-0.15, -0.1) is 0 Å². The second kappa shape index (κ2) is 5.54. The van der Waals surface area contributed by atoms with Crippen LogP contribution in [0.25, 0.3) is 11.5 Å². The lowest BCUT2D eigenvalue weighted by molar-refractivity contribution is -0.0498. The first-order valence-corrected chi connectivity index (χ1v) is 6.34. The third-order valence-corrected chi connectivity index (χ3v) is 3.14. The molecule has 1 unspecified atom stereocenters. The maximum absolute atomic E-state index is 12.1. The van der Waals surface area contributed by atoms with E-state index in [0.29, 0.717) is 17.3 Å². The highest BCUT2D eigenvalue weighted by Gasteiger charge is 2.22. The van der Waals surface area contributed by atoms with Crippen molar-refractivity contribution in [3.8, 4) is 17.2 Å². The third-order valence-electron chi connectivity index (χ3n) is 3.14. The zero-order valence-electron chi connectivity index (χ0n) is 10.6. The number of hydrogen-bond donors (Lipinski definition) is 1. The maximum atomic E-state index is 12.1. The van der Waals surface area contributed by atoms with Gasteiger partial charge in [-0.3, -0.25) is 0 Å². The van der Waals surface area contributed by atoms with Gasteiger partial charge in [0, 0.05) is 5.56 Å². The van der Waals surface area contributed by atoms with Crippen LogP contribution in [-0.2, 0) is 0 Å². The minimum atomic E-state index is -2.83. The predicted molar refractivity (Wildman–Crippen MR) is 66.3 cm³/mol. The largest absolute Gasteiger partial charge is 0.435 e. The van der Waals surface area contributed by atoms with Crippen LogP contribution in [0.5, 0.6) is 5.75 Å². The highest BCUT2D eigenvalue weighted by Crippen LogP contribution is 2.25. The van der Waals surface area contributed by atoms with E-state index < -0.39 is 6.61 Å². The average Bonchev–Trinajstić information content (AvgIpc) is 3.10. The van der Waals surface area contributed by atoms with E-state index >= 15 is 0 Å². The molecule has 1 aromatic carbocycles. The molecule has 0 amide bonds. The Labute approximate surface area is 113 Å². The Hall–Kier alpha value is -2.02. The summed E-state index contributed by atoms with van der Waals surface area (Å²) in [6, 6.07) is 6.24. The Balaban J connectivity index is 1.75. The Morgan fingerprint density at radius 3 is 2.75 bits per heavy atom. The number of halogens is 2. The van der Waals surface area contributed by atoms with E-state index in [4.69, 9.17) is 4.52 Å². The molecule has 1 saturated heterocycles. The first kappa shape index (κ1) is 13.0. The number of benzene rings is 1. The lowest BCUT2D eigenvalue weighted by atomic mass is 10.2. The van der Waals surface area contributed by atoms with Crippen molar-refractivity contribution in [1.29, 1.82) is 0 Å². The van der Waals surface area contributed by atoms with Gasteiger partial charge in [-0.1, -0.05) is 5.16 Å². The highest BCUT2D eigenvalue weighted by molar-refractivity contribution is 5.54. The SMILES string of the molecule is FC(F)Oc1ccc(-c2nc(C3CCCN3)no2)cc1. The van der Waals surface area contributed by atoms with Gasteiger partial charge in [-0.25, -0.2) is 0 Å². The number of rotatable bonds is 4. The molecule has 3 rings (SSSR count). The van der Waals surface area contributed by atoms with Crippen molar-refractivity contribution in [3.05, 3.63) is 30.1 Å². The third kappa shape index (κ3) is 2.77. The molecule has 20 heavy (non-hydrogen) atoms. The normalized spacial score (nSPS) is 18.6. The van der Waals surface area contributed by atoms with Gasteiger partial charge in [-0.2, -0.15) is 13.8 Å². The standard InChI is InChI=1S/C13H13F2N3O2/c14-13(15)19-9-5-3-8(4-6-9)12-17-11(18-20-12)10-2-1-7-16-10/h3-6,10,13,16H,1-2,7H2. The Bertz CT molecular complexity index is 565. The molecule has 1 aliphatic heterocycles. The highest BCUT2D eigenvalue weighted by atomic mass is 19.3. The van der Waals surface area contributed by atoms with Crippen LogP contribution < -0.4 is 10.1 Å². The first-order valence-electron chi connectivity index (χ1n) is 6.34. The fourth-order valence-electron chi connectivity index (χ4n) is 2.18. The molecule has 0 spiro atoms. The number of hydrogen-bond acceptors (Lipinski definition) is 5. The number of ether oxygens (including phenoxy) is 1. The van der Waals surface area contributed by atoms with Crippen molar-refractivity contribution >= 4 is 0 Å². The fraction of sp³-hybridized carbons (Fsp3) is 0.385. The zero-order chi connectivity index (χ0) is 13.9. The summed E-state index contributed by atoms with van der Waals surface area (Å²) in [6.45, 7) is -1.88. The number of nitrogens with zero attached hydrogens (tertiary/aromatic N) is 2. The van der Waals surface area contributed by atoms with Gasteiger partial charge in [0.1, 0.15) is 5.75 Å². The van der Waals surface area contributed by atoms with Gasteiger partial charge in [-0.05, 0) is 43.7 Å². The maximum Gasteiger partial charge on any atom is 0.387 e. The summed E-state index contributed by atoms with van der Waals surface area (Å²) in [5.41, 5.74) is 0.670. The van der Waals surface area contributed by atoms with Crippen LogP contribution in [0, 0.1) is 0 Å². The van der Waals surface area contributed by atoms with Crippen LogP contribution in [0.3, 0.4) is 0 Å². The molecule has 2 aromatic rings. The van der Waals surface area contributed by atoms with Gasteiger partial charge in [0.2, 0.25) is 0 Å². The van der Waals surface area contributed by atoms with E-state index in [2.05, 4.69) is 20.2 Å². The Kier molecular flexibility index (Phi) is 3.60. The monoisotopic (exact) mass is 281 g/mol. The minimum absolute atomic E-state index is 0.0981. The van der Waals surface area contributed by atoms with Crippen molar-refractivity contribution in [1.82, 2.24) is 15.5 Å². The van der Waals surface area contributed by atoms with Gasteiger partial charge >= 0.3 is 6.61 Å². The summed E-state index contributed by atoms with van der Waals surface area (Å²) >= 11 is 0. The molecule has 0 saturated carbocycles. The lowest BCUT2D eigenvalue weighted by Crippen LogP contribution is -2.14.